The average molecular weight is 202 g/mol. The maximum atomic E-state index is 11.2. The van der Waals surface area contributed by atoms with E-state index >= 15 is 0 Å². The van der Waals surface area contributed by atoms with E-state index in [2.05, 4.69) is 6.07 Å². The molecule has 1 aromatic carbocycles. The highest BCUT2D eigenvalue weighted by atomic mass is 16.1. The van der Waals surface area contributed by atoms with Crippen molar-refractivity contribution in [1.29, 1.82) is 0 Å². The van der Waals surface area contributed by atoms with Crippen LogP contribution in [0.15, 0.2) is 24.4 Å². The summed E-state index contributed by atoms with van der Waals surface area (Å²) in [7, 11) is 0. The van der Waals surface area contributed by atoms with Gasteiger partial charge in [-0.1, -0.05) is 12.1 Å². The Hall–Kier alpha value is -1.77. The predicted octanol–water partition coefficient (Wildman–Crippen LogP) is 2.07. The SMILES string of the molecule is CCn1cc(C(N)=O)c2ccc(C)cc21. The van der Waals surface area contributed by atoms with Crippen LogP contribution in [-0.4, -0.2) is 10.5 Å². The number of hydrogen-bond donors (Lipinski definition) is 1. The van der Waals surface area contributed by atoms with Gasteiger partial charge in [0.15, 0.2) is 0 Å². The lowest BCUT2D eigenvalue weighted by Crippen LogP contribution is -2.10. The van der Waals surface area contributed by atoms with E-state index in [4.69, 9.17) is 5.73 Å². The van der Waals surface area contributed by atoms with Gasteiger partial charge < -0.3 is 10.3 Å². The molecular weight excluding hydrogens is 188 g/mol. The smallest absolute Gasteiger partial charge is 0.250 e. The molecule has 0 aliphatic carbocycles. The van der Waals surface area contributed by atoms with Crippen LogP contribution in [0.1, 0.15) is 22.8 Å². The molecule has 3 nitrogen and oxygen atoms in total. The number of rotatable bonds is 2. The van der Waals surface area contributed by atoms with Gasteiger partial charge in [0, 0.05) is 23.6 Å². The highest BCUT2D eigenvalue weighted by molar-refractivity contribution is 6.06. The van der Waals surface area contributed by atoms with Gasteiger partial charge in [-0.25, -0.2) is 0 Å². The van der Waals surface area contributed by atoms with E-state index in [0.717, 1.165) is 17.4 Å². The lowest BCUT2D eigenvalue weighted by Gasteiger charge is -2.00. The lowest BCUT2D eigenvalue weighted by atomic mass is 10.1. The van der Waals surface area contributed by atoms with Crippen molar-refractivity contribution >= 4 is 16.8 Å². The fourth-order valence-corrected chi connectivity index (χ4v) is 1.86. The maximum Gasteiger partial charge on any atom is 0.250 e. The summed E-state index contributed by atoms with van der Waals surface area (Å²) in [5, 5.41) is 0.940. The van der Waals surface area contributed by atoms with Gasteiger partial charge in [0.25, 0.3) is 5.91 Å². The predicted molar refractivity (Wildman–Crippen MR) is 60.9 cm³/mol. The summed E-state index contributed by atoms with van der Waals surface area (Å²) in [5.41, 5.74) is 8.20. The molecular formula is C12H14N2O. The molecule has 0 saturated heterocycles. The molecule has 0 radical (unpaired) electrons. The quantitative estimate of drug-likeness (QED) is 0.796. The van der Waals surface area contributed by atoms with Crippen molar-refractivity contribution in [2.24, 2.45) is 5.73 Å². The van der Waals surface area contributed by atoms with E-state index < -0.39 is 0 Å². The summed E-state index contributed by atoms with van der Waals surface area (Å²) in [6, 6.07) is 6.02. The van der Waals surface area contributed by atoms with Gasteiger partial charge in [-0.3, -0.25) is 4.79 Å². The summed E-state index contributed by atoms with van der Waals surface area (Å²) >= 11 is 0. The number of carbonyl (C=O) groups is 1. The van der Waals surface area contributed by atoms with Crippen molar-refractivity contribution in [2.75, 3.05) is 0 Å². The Morgan fingerprint density at radius 3 is 2.80 bits per heavy atom. The topological polar surface area (TPSA) is 48.0 Å². The number of nitrogens with two attached hydrogens (primary N) is 1. The van der Waals surface area contributed by atoms with Crippen LogP contribution < -0.4 is 5.73 Å². The lowest BCUT2D eigenvalue weighted by molar-refractivity contribution is 0.100. The number of hydrogen-bond acceptors (Lipinski definition) is 1. The van der Waals surface area contributed by atoms with Crippen LogP contribution in [0, 0.1) is 6.92 Å². The van der Waals surface area contributed by atoms with Crippen molar-refractivity contribution in [3.05, 3.63) is 35.5 Å². The zero-order valence-corrected chi connectivity index (χ0v) is 8.95. The molecule has 1 heterocycles. The fourth-order valence-electron chi connectivity index (χ4n) is 1.86. The number of benzene rings is 1. The molecule has 0 saturated carbocycles. The first-order valence-electron chi connectivity index (χ1n) is 5.02. The molecule has 1 amide bonds. The summed E-state index contributed by atoms with van der Waals surface area (Å²) in [6.07, 6.45) is 1.83. The highest BCUT2D eigenvalue weighted by Crippen LogP contribution is 2.22. The second kappa shape index (κ2) is 3.42. The fraction of sp³-hybridized carbons (Fsp3) is 0.250. The summed E-state index contributed by atoms with van der Waals surface area (Å²) in [5.74, 6) is -0.365. The number of aryl methyl sites for hydroxylation is 2. The summed E-state index contributed by atoms with van der Waals surface area (Å²) in [4.78, 5) is 11.2. The van der Waals surface area contributed by atoms with Crippen LogP contribution in [0.2, 0.25) is 0 Å². The first-order valence-corrected chi connectivity index (χ1v) is 5.02. The van der Waals surface area contributed by atoms with Crippen LogP contribution in [0.5, 0.6) is 0 Å². The summed E-state index contributed by atoms with van der Waals surface area (Å²) in [6.45, 7) is 4.93. The van der Waals surface area contributed by atoms with Crippen LogP contribution in [0.25, 0.3) is 10.9 Å². The molecule has 1 aromatic heterocycles. The van der Waals surface area contributed by atoms with E-state index in [9.17, 15) is 4.79 Å². The van der Waals surface area contributed by atoms with Crippen molar-refractivity contribution < 1.29 is 4.79 Å². The Morgan fingerprint density at radius 1 is 1.47 bits per heavy atom. The van der Waals surface area contributed by atoms with E-state index in [1.165, 1.54) is 5.56 Å². The number of carbonyl (C=O) groups excluding carboxylic acids is 1. The molecule has 2 N–H and O–H groups in total. The number of aromatic nitrogens is 1. The van der Waals surface area contributed by atoms with Crippen LogP contribution in [0.3, 0.4) is 0 Å². The van der Waals surface area contributed by atoms with Crippen LogP contribution in [0.4, 0.5) is 0 Å². The molecule has 15 heavy (non-hydrogen) atoms. The maximum absolute atomic E-state index is 11.2. The minimum Gasteiger partial charge on any atom is -0.366 e. The van der Waals surface area contributed by atoms with Gasteiger partial charge >= 0.3 is 0 Å². The molecule has 0 unspecified atom stereocenters. The third kappa shape index (κ3) is 1.50. The molecule has 2 aromatic rings. The monoisotopic (exact) mass is 202 g/mol. The Kier molecular flexibility index (Phi) is 2.23. The number of amides is 1. The second-order valence-electron chi connectivity index (χ2n) is 3.71. The average Bonchev–Trinajstić information content (AvgIpc) is 2.55. The minimum atomic E-state index is -0.365. The largest absolute Gasteiger partial charge is 0.366 e. The van der Waals surface area contributed by atoms with Crippen molar-refractivity contribution in [3.8, 4) is 0 Å². The van der Waals surface area contributed by atoms with Gasteiger partial charge in [-0.15, -0.1) is 0 Å². The Labute approximate surface area is 88.5 Å². The normalized spacial score (nSPS) is 10.8. The van der Waals surface area contributed by atoms with Crippen molar-refractivity contribution in [2.45, 2.75) is 20.4 Å². The van der Waals surface area contributed by atoms with Crippen molar-refractivity contribution in [3.63, 3.8) is 0 Å². The molecule has 0 spiro atoms. The summed E-state index contributed by atoms with van der Waals surface area (Å²) < 4.78 is 2.04. The molecule has 0 aliphatic heterocycles. The molecule has 0 fully saturated rings. The molecule has 78 valence electrons. The molecule has 0 bridgehead atoms. The third-order valence-electron chi connectivity index (χ3n) is 2.64. The van der Waals surface area contributed by atoms with Gasteiger partial charge in [0.2, 0.25) is 0 Å². The Balaban J connectivity index is 2.81. The van der Waals surface area contributed by atoms with E-state index in [0.29, 0.717) is 5.56 Å². The zero-order valence-electron chi connectivity index (χ0n) is 8.95. The molecule has 2 rings (SSSR count). The Bertz CT molecular complexity index is 526. The molecule has 0 aliphatic rings. The Morgan fingerprint density at radius 2 is 2.20 bits per heavy atom. The van der Waals surface area contributed by atoms with Gasteiger partial charge in [-0.2, -0.15) is 0 Å². The first kappa shape index (κ1) is 9.77. The van der Waals surface area contributed by atoms with Gasteiger partial charge in [0.1, 0.15) is 0 Å². The molecule has 0 atom stereocenters. The van der Waals surface area contributed by atoms with Crippen molar-refractivity contribution in [1.82, 2.24) is 4.57 Å². The zero-order chi connectivity index (χ0) is 11.0. The second-order valence-corrected chi connectivity index (χ2v) is 3.71. The van der Waals surface area contributed by atoms with Gasteiger partial charge in [0.05, 0.1) is 5.56 Å². The van der Waals surface area contributed by atoms with Gasteiger partial charge in [-0.05, 0) is 25.5 Å². The third-order valence-corrected chi connectivity index (χ3v) is 2.64. The number of primary amides is 1. The first-order chi connectivity index (χ1) is 7.13. The standard InChI is InChI=1S/C12H14N2O/c1-3-14-7-10(12(13)15)9-5-4-8(2)6-11(9)14/h4-7H,3H2,1-2H3,(H2,13,15). The van der Waals surface area contributed by atoms with E-state index in [1.54, 1.807) is 0 Å². The number of nitrogens with zero attached hydrogens (tertiary/aromatic N) is 1. The van der Waals surface area contributed by atoms with E-state index in [-0.39, 0.29) is 5.91 Å². The highest BCUT2D eigenvalue weighted by Gasteiger charge is 2.11. The van der Waals surface area contributed by atoms with Crippen LogP contribution in [-0.2, 0) is 6.54 Å². The minimum absolute atomic E-state index is 0.365. The molecule has 3 heteroatoms. The van der Waals surface area contributed by atoms with E-state index in [1.807, 2.05) is 36.7 Å². The van der Waals surface area contributed by atoms with Crippen LogP contribution >= 0.6 is 0 Å². The number of fused-ring (bicyclic) bond motifs is 1.